The van der Waals surface area contributed by atoms with Gasteiger partial charge in [0, 0.05) is 18.0 Å². The third-order valence-corrected chi connectivity index (χ3v) is 7.00. The largest absolute Gasteiger partial charge is 0.453 e. The second-order valence-corrected chi connectivity index (χ2v) is 9.73. The number of carbonyl (C=O) groups is 3. The van der Waals surface area contributed by atoms with E-state index in [2.05, 4.69) is 5.32 Å². The second-order valence-electron chi connectivity index (χ2n) is 7.50. The third kappa shape index (κ3) is 5.19. The number of Topliss-reactive ketones (excluding diaryl/α,β-unsaturated/α-hetero) is 1. The van der Waals surface area contributed by atoms with Gasteiger partial charge in [0.1, 0.15) is 0 Å². The van der Waals surface area contributed by atoms with Gasteiger partial charge in [-0.25, -0.2) is 8.42 Å². The molecule has 1 fully saturated rings. The van der Waals surface area contributed by atoms with Crippen LogP contribution in [0.3, 0.4) is 0 Å². The fourth-order valence-corrected chi connectivity index (χ4v) is 5.32. The predicted molar refractivity (Wildman–Crippen MR) is 103 cm³/mol. The minimum Gasteiger partial charge on any atom is -0.453 e. The van der Waals surface area contributed by atoms with Crippen molar-refractivity contribution in [1.29, 1.82) is 0 Å². The molecule has 1 aliphatic heterocycles. The maximum Gasteiger partial charge on any atom is 0.307 e. The maximum atomic E-state index is 12.3. The topological polar surface area (TPSA) is 107 Å². The molecule has 0 spiro atoms. The molecule has 1 amide bonds. The fourth-order valence-electron chi connectivity index (χ4n) is 3.64. The molecule has 1 aliphatic carbocycles. The SMILES string of the molecule is C[C@@H](OC(=O)CCC(=O)c1ccc2c(c1)CCC2)C(=O)N[C@H]1CCS(=O)(=O)C1. The van der Waals surface area contributed by atoms with Gasteiger partial charge in [0.05, 0.1) is 17.9 Å². The van der Waals surface area contributed by atoms with Crippen molar-refractivity contribution in [1.82, 2.24) is 5.32 Å². The first-order valence-corrected chi connectivity index (χ1v) is 11.4. The summed E-state index contributed by atoms with van der Waals surface area (Å²) in [5, 5.41) is 2.59. The van der Waals surface area contributed by atoms with Crippen LogP contribution in [0.2, 0.25) is 0 Å². The first-order valence-electron chi connectivity index (χ1n) is 9.59. The lowest BCUT2D eigenvalue weighted by molar-refractivity contribution is -0.154. The smallest absolute Gasteiger partial charge is 0.307 e. The average molecular weight is 407 g/mol. The Bertz CT molecular complexity index is 892. The van der Waals surface area contributed by atoms with Crippen molar-refractivity contribution in [3.05, 3.63) is 34.9 Å². The number of rotatable bonds is 7. The Morgan fingerprint density at radius 1 is 1.18 bits per heavy atom. The first-order chi connectivity index (χ1) is 13.2. The Morgan fingerprint density at radius 2 is 1.93 bits per heavy atom. The highest BCUT2D eigenvalue weighted by molar-refractivity contribution is 7.91. The summed E-state index contributed by atoms with van der Waals surface area (Å²) in [5.74, 6) is -1.32. The van der Waals surface area contributed by atoms with Gasteiger partial charge in [0.2, 0.25) is 0 Å². The van der Waals surface area contributed by atoms with E-state index in [0.717, 1.165) is 19.3 Å². The van der Waals surface area contributed by atoms with Crippen molar-refractivity contribution in [3.63, 3.8) is 0 Å². The van der Waals surface area contributed by atoms with E-state index in [1.165, 1.54) is 18.1 Å². The van der Waals surface area contributed by atoms with Crippen LogP contribution in [0, 0.1) is 0 Å². The van der Waals surface area contributed by atoms with Crippen LogP contribution in [0.1, 0.15) is 54.1 Å². The molecule has 152 valence electrons. The molecule has 0 radical (unpaired) electrons. The van der Waals surface area contributed by atoms with Crippen LogP contribution in [0.4, 0.5) is 0 Å². The van der Waals surface area contributed by atoms with Gasteiger partial charge in [-0.1, -0.05) is 12.1 Å². The molecule has 2 aliphatic rings. The molecule has 1 aromatic rings. The molecule has 28 heavy (non-hydrogen) atoms. The number of ether oxygens (including phenoxy) is 1. The number of fused-ring (bicyclic) bond motifs is 1. The van der Waals surface area contributed by atoms with Crippen LogP contribution in [-0.4, -0.2) is 49.7 Å². The quantitative estimate of drug-likeness (QED) is 0.540. The Labute approximate surface area is 164 Å². The number of amides is 1. The lowest BCUT2D eigenvalue weighted by Crippen LogP contribution is -2.42. The number of hydrogen-bond acceptors (Lipinski definition) is 6. The van der Waals surface area contributed by atoms with Crippen LogP contribution in [0.25, 0.3) is 0 Å². The monoisotopic (exact) mass is 407 g/mol. The van der Waals surface area contributed by atoms with Gasteiger partial charge >= 0.3 is 5.97 Å². The molecule has 0 bridgehead atoms. The summed E-state index contributed by atoms with van der Waals surface area (Å²) in [4.78, 5) is 36.4. The Hall–Kier alpha value is -2.22. The van der Waals surface area contributed by atoms with Crippen LogP contribution in [0.5, 0.6) is 0 Å². The normalized spacial score (nSPS) is 21.0. The molecule has 1 heterocycles. The molecule has 7 nitrogen and oxygen atoms in total. The highest BCUT2D eigenvalue weighted by Crippen LogP contribution is 2.23. The Kier molecular flexibility index (Phi) is 6.17. The van der Waals surface area contributed by atoms with Gasteiger partial charge in [-0.3, -0.25) is 14.4 Å². The zero-order chi connectivity index (χ0) is 20.3. The van der Waals surface area contributed by atoms with Crippen LogP contribution in [-0.2, 0) is 37.0 Å². The maximum absolute atomic E-state index is 12.3. The lowest BCUT2D eigenvalue weighted by atomic mass is 10.0. The summed E-state index contributed by atoms with van der Waals surface area (Å²) in [5.41, 5.74) is 3.08. The molecule has 1 N–H and O–H groups in total. The number of carbonyl (C=O) groups excluding carboxylic acids is 3. The molecular formula is C20H25NO6S. The van der Waals surface area contributed by atoms with E-state index in [4.69, 9.17) is 4.74 Å². The highest BCUT2D eigenvalue weighted by atomic mass is 32.2. The minimum absolute atomic E-state index is 0.0207. The summed E-state index contributed by atoms with van der Waals surface area (Å²) in [6, 6.07) is 5.23. The van der Waals surface area contributed by atoms with Gasteiger partial charge in [-0.15, -0.1) is 0 Å². The third-order valence-electron chi connectivity index (χ3n) is 5.23. The van der Waals surface area contributed by atoms with Gasteiger partial charge in [-0.2, -0.15) is 0 Å². The van der Waals surface area contributed by atoms with Crippen molar-refractivity contribution in [2.24, 2.45) is 0 Å². The summed E-state index contributed by atoms with van der Waals surface area (Å²) < 4.78 is 27.9. The van der Waals surface area contributed by atoms with Crippen molar-refractivity contribution in [3.8, 4) is 0 Å². The molecule has 1 aromatic carbocycles. The van der Waals surface area contributed by atoms with Crippen molar-refractivity contribution in [2.45, 2.75) is 57.6 Å². The van der Waals surface area contributed by atoms with Crippen LogP contribution >= 0.6 is 0 Å². The van der Waals surface area contributed by atoms with E-state index in [0.29, 0.717) is 12.0 Å². The first kappa shape index (κ1) is 20.5. The van der Waals surface area contributed by atoms with E-state index < -0.39 is 33.9 Å². The van der Waals surface area contributed by atoms with Crippen molar-refractivity contribution in [2.75, 3.05) is 11.5 Å². The molecule has 0 saturated carbocycles. The van der Waals surface area contributed by atoms with E-state index in [1.807, 2.05) is 12.1 Å². The van der Waals surface area contributed by atoms with Crippen molar-refractivity contribution < 1.29 is 27.5 Å². The van der Waals surface area contributed by atoms with Gasteiger partial charge in [0.15, 0.2) is 21.7 Å². The molecule has 2 atom stereocenters. The molecular weight excluding hydrogens is 382 g/mol. The fraction of sp³-hybridized carbons (Fsp3) is 0.550. The average Bonchev–Trinajstić information content (AvgIpc) is 3.24. The summed E-state index contributed by atoms with van der Waals surface area (Å²) in [7, 11) is -3.10. The number of hydrogen-bond donors (Lipinski definition) is 1. The summed E-state index contributed by atoms with van der Waals surface area (Å²) >= 11 is 0. The summed E-state index contributed by atoms with van der Waals surface area (Å²) in [6.07, 6.45) is 2.37. The Balaban J connectivity index is 1.43. The van der Waals surface area contributed by atoms with Gasteiger partial charge in [-0.05, 0) is 49.8 Å². The number of nitrogens with one attached hydrogen (secondary N) is 1. The molecule has 0 unspecified atom stereocenters. The number of aryl methyl sites for hydroxylation is 2. The highest BCUT2D eigenvalue weighted by Gasteiger charge is 2.30. The number of benzene rings is 1. The molecule has 0 aromatic heterocycles. The Morgan fingerprint density at radius 3 is 2.64 bits per heavy atom. The predicted octanol–water partition coefficient (Wildman–Crippen LogP) is 1.37. The van der Waals surface area contributed by atoms with E-state index in [9.17, 15) is 22.8 Å². The number of sulfone groups is 1. The molecule has 1 saturated heterocycles. The van der Waals surface area contributed by atoms with Crippen LogP contribution < -0.4 is 5.32 Å². The lowest BCUT2D eigenvalue weighted by Gasteiger charge is -2.16. The van der Waals surface area contributed by atoms with Gasteiger partial charge < -0.3 is 10.1 Å². The van der Waals surface area contributed by atoms with Gasteiger partial charge in [0.25, 0.3) is 5.91 Å². The number of esters is 1. The zero-order valence-electron chi connectivity index (χ0n) is 15.9. The van der Waals surface area contributed by atoms with E-state index >= 15 is 0 Å². The standard InChI is InChI=1S/C20H25NO6S/c1-13(20(24)21-17-9-10-28(25,26)12-17)27-19(23)8-7-18(22)16-6-5-14-3-2-4-15(14)11-16/h5-6,11,13,17H,2-4,7-10,12H2,1H3,(H,21,24)/t13-,17+/m1/s1. The summed E-state index contributed by atoms with van der Waals surface area (Å²) in [6.45, 7) is 1.43. The molecule has 3 rings (SSSR count). The van der Waals surface area contributed by atoms with Crippen molar-refractivity contribution >= 4 is 27.5 Å². The molecule has 8 heteroatoms. The number of ketones is 1. The zero-order valence-corrected chi connectivity index (χ0v) is 16.7. The second kappa shape index (κ2) is 8.43. The van der Waals surface area contributed by atoms with E-state index in [1.54, 1.807) is 6.07 Å². The van der Waals surface area contributed by atoms with E-state index in [-0.39, 0.29) is 30.1 Å². The van der Waals surface area contributed by atoms with Crippen LogP contribution in [0.15, 0.2) is 18.2 Å². The minimum atomic E-state index is -3.10.